The monoisotopic (exact) mass is 516 g/mol. The van der Waals surface area contributed by atoms with Crippen LogP contribution in [0, 0.1) is 5.92 Å². The molecule has 7 heteroatoms. The van der Waals surface area contributed by atoms with E-state index < -0.39 is 0 Å². The summed E-state index contributed by atoms with van der Waals surface area (Å²) in [4.78, 5) is 16.3. The molecule has 1 fully saturated rings. The number of carbonyl (C=O) groups is 1. The summed E-state index contributed by atoms with van der Waals surface area (Å²) in [6.45, 7) is 7.64. The molecule has 1 amide bonds. The van der Waals surface area contributed by atoms with Gasteiger partial charge >= 0.3 is 0 Å². The number of nitrogens with zero attached hydrogens (tertiary/aromatic N) is 1. The van der Waals surface area contributed by atoms with Crippen LogP contribution in [0.4, 0.5) is 0 Å². The first-order valence-electron chi connectivity index (χ1n) is 10.5. The van der Waals surface area contributed by atoms with Crippen molar-refractivity contribution < 1.29 is 9.53 Å². The lowest BCUT2D eigenvalue weighted by Gasteiger charge is -2.19. The number of hydrogen-bond acceptors (Lipinski definition) is 3. The highest BCUT2D eigenvalue weighted by Gasteiger charge is 2.16. The fraction of sp³-hybridized carbons (Fsp3) is 0.636. The Kier molecular flexibility index (Phi) is 12.0. The minimum absolute atomic E-state index is 0. The first-order valence-corrected chi connectivity index (χ1v) is 10.5. The fourth-order valence-corrected chi connectivity index (χ4v) is 3.26. The minimum atomic E-state index is 0. The average Bonchev–Trinajstić information content (AvgIpc) is 3.18. The first kappa shape index (κ1) is 25.5. The van der Waals surface area contributed by atoms with Gasteiger partial charge in [0.25, 0.3) is 0 Å². The summed E-state index contributed by atoms with van der Waals surface area (Å²) in [6, 6.07) is 8.60. The van der Waals surface area contributed by atoms with Gasteiger partial charge in [-0.05, 0) is 43.4 Å². The lowest BCUT2D eigenvalue weighted by molar-refractivity contribution is -0.121. The summed E-state index contributed by atoms with van der Waals surface area (Å²) in [5, 5.41) is 9.70. The van der Waals surface area contributed by atoms with Gasteiger partial charge in [-0.1, -0.05) is 38.8 Å². The molecule has 0 aliphatic heterocycles. The van der Waals surface area contributed by atoms with Gasteiger partial charge in [-0.25, -0.2) is 0 Å². The topological polar surface area (TPSA) is 74.8 Å². The van der Waals surface area contributed by atoms with E-state index in [1.54, 1.807) is 7.05 Å². The summed E-state index contributed by atoms with van der Waals surface area (Å²) in [5.74, 6) is 2.21. The van der Waals surface area contributed by atoms with Crippen molar-refractivity contribution in [3.8, 4) is 5.75 Å². The molecule has 0 radical (unpaired) electrons. The second-order valence-electron chi connectivity index (χ2n) is 7.94. The number of halogens is 1. The Morgan fingerprint density at radius 1 is 1.17 bits per heavy atom. The van der Waals surface area contributed by atoms with E-state index in [1.807, 2.05) is 12.1 Å². The first-order chi connectivity index (χ1) is 13.5. The van der Waals surface area contributed by atoms with Gasteiger partial charge in [0.05, 0.1) is 12.6 Å². The van der Waals surface area contributed by atoms with E-state index in [0.717, 1.165) is 30.8 Å². The second-order valence-corrected chi connectivity index (χ2v) is 7.94. The lowest BCUT2D eigenvalue weighted by atomic mass is 10.1. The molecule has 29 heavy (non-hydrogen) atoms. The van der Waals surface area contributed by atoms with Crippen molar-refractivity contribution in [1.29, 1.82) is 0 Å². The molecule has 164 valence electrons. The molecule has 1 atom stereocenters. The quantitative estimate of drug-likeness (QED) is 0.264. The number of amides is 1. The summed E-state index contributed by atoms with van der Waals surface area (Å²) in [6.07, 6.45) is 5.13. The number of ether oxygens (including phenoxy) is 1. The van der Waals surface area contributed by atoms with Crippen molar-refractivity contribution in [3.63, 3.8) is 0 Å². The predicted molar refractivity (Wildman–Crippen MR) is 130 cm³/mol. The standard InChI is InChI=1S/C22H36N4O2.HI/c1-16(2)15-28-20-11-9-18(10-12-20)17(3)25-22(23-4)24-14-13-21(27)26-19-7-5-6-8-19;/h9-12,16-17,19H,5-8,13-15H2,1-4H3,(H,26,27)(H2,23,24,25);1H. The molecule has 2 rings (SSSR count). The molecule has 1 saturated carbocycles. The van der Waals surface area contributed by atoms with Crippen LogP contribution in [-0.2, 0) is 4.79 Å². The number of aliphatic imine (C=N–C) groups is 1. The van der Waals surface area contributed by atoms with Crippen LogP contribution in [0.3, 0.4) is 0 Å². The van der Waals surface area contributed by atoms with E-state index in [2.05, 4.69) is 53.8 Å². The Hall–Kier alpha value is -1.51. The van der Waals surface area contributed by atoms with Crippen molar-refractivity contribution >= 4 is 35.8 Å². The van der Waals surface area contributed by atoms with Gasteiger partial charge in [0, 0.05) is 26.1 Å². The summed E-state index contributed by atoms with van der Waals surface area (Å²) in [7, 11) is 1.74. The van der Waals surface area contributed by atoms with E-state index in [1.165, 1.54) is 12.8 Å². The smallest absolute Gasteiger partial charge is 0.221 e. The Balaban J connectivity index is 0.00000420. The van der Waals surface area contributed by atoms with Gasteiger partial charge in [0.15, 0.2) is 5.96 Å². The third-order valence-corrected chi connectivity index (χ3v) is 4.91. The summed E-state index contributed by atoms with van der Waals surface area (Å²) in [5.41, 5.74) is 1.15. The molecule has 3 N–H and O–H groups in total. The number of rotatable bonds is 9. The summed E-state index contributed by atoms with van der Waals surface area (Å²) < 4.78 is 5.73. The van der Waals surface area contributed by atoms with Crippen LogP contribution in [0.5, 0.6) is 5.75 Å². The maximum atomic E-state index is 12.0. The van der Waals surface area contributed by atoms with E-state index in [-0.39, 0.29) is 35.9 Å². The molecule has 1 aliphatic rings. The van der Waals surface area contributed by atoms with Crippen molar-refractivity contribution in [2.45, 2.75) is 65.0 Å². The van der Waals surface area contributed by atoms with Crippen LogP contribution >= 0.6 is 24.0 Å². The molecule has 0 spiro atoms. The highest BCUT2D eigenvalue weighted by atomic mass is 127. The van der Waals surface area contributed by atoms with E-state index >= 15 is 0 Å². The third-order valence-electron chi connectivity index (χ3n) is 4.91. The molecule has 0 saturated heterocycles. The van der Waals surface area contributed by atoms with Gasteiger partial charge in [-0.15, -0.1) is 24.0 Å². The molecule has 0 heterocycles. The normalized spacial score (nSPS) is 15.6. The van der Waals surface area contributed by atoms with Gasteiger partial charge in [0.1, 0.15) is 5.75 Å². The zero-order chi connectivity index (χ0) is 20.4. The van der Waals surface area contributed by atoms with Gasteiger partial charge in [0.2, 0.25) is 5.91 Å². The van der Waals surface area contributed by atoms with Gasteiger partial charge < -0.3 is 20.7 Å². The predicted octanol–water partition coefficient (Wildman–Crippen LogP) is 4.01. The molecule has 6 nitrogen and oxygen atoms in total. The molecular weight excluding hydrogens is 479 g/mol. The van der Waals surface area contributed by atoms with Crippen molar-refractivity contribution in [2.75, 3.05) is 20.2 Å². The van der Waals surface area contributed by atoms with E-state index in [0.29, 0.717) is 30.9 Å². The molecule has 1 aromatic rings. The molecule has 1 aromatic carbocycles. The minimum Gasteiger partial charge on any atom is -0.493 e. The van der Waals surface area contributed by atoms with Gasteiger partial charge in [-0.2, -0.15) is 0 Å². The largest absolute Gasteiger partial charge is 0.493 e. The molecular formula is C22H37IN4O2. The van der Waals surface area contributed by atoms with Crippen LogP contribution < -0.4 is 20.7 Å². The molecule has 0 aromatic heterocycles. The van der Waals surface area contributed by atoms with Crippen molar-refractivity contribution in [2.24, 2.45) is 10.9 Å². The highest BCUT2D eigenvalue weighted by molar-refractivity contribution is 14.0. The van der Waals surface area contributed by atoms with E-state index in [4.69, 9.17) is 4.74 Å². The lowest BCUT2D eigenvalue weighted by Crippen LogP contribution is -2.41. The second kappa shape index (κ2) is 13.7. The number of benzene rings is 1. The van der Waals surface area contributed by atoms with Crippen molar-refractivity contribution in [1.82, 2.24) is 16.0 Å². The van der Waals surface area contributed by atoms with Crippen LogP contribution in [-0.4, -0.2) is 38.1 Å². The maximum Gasteiger partial charge on any atom is 0.221 e. The van der Waals surface area contributed by atoms with Crippen LogP contribution in [0.1, 0.15) is 64.5 Å². The number of hydrogen-bond donors (Lipinski definition) is 3. The van der Waals surface area contributed by atoms with Crippen LogP contribution in [0.2, 0.25) is 0 Å². The number of guanidine groups is 1. The SMILES string of the molecule is CN=C(NCCC(=O)NC1CCCC1)NC(C)c1ccc(OCC(C)C)cc1.I. The Labute approximate surface area is 192 Å². The molecule has 1 aliphatic carbocycles. The van der Waals surface area contributed by atoms with Crippen molar-refractivity contribution in [3.05, 3.63) is 29.8 Å². The zero-order valence-electron chi connectivity index (χ0n) is 18.2. The van der Waals surface area contributed by atoms with E-state index in [9.17, 15) is 4.79 Å². The fourth-order valence-electron chi connectivity index (χ4n) is 3.26. The number of carbonyl (C=O) groups excluding carboxylic acids is 1. The molecule has 0 bridgehead atoms. The Morgan fingerprint density at radius 3 is 2.41 bits per heavy atom. The average molecular weight is 516 g/mol. The zero-order valence-corrected chi connectivity index (χ0v) is 20.5. The molecule has 1 unspecified atom stereocenters. The van der Waals surface area contributed by atoms with Crippen LogP contribution in [0.25, 0.3) is 0 Å². The number of nitrogens with one attached hydrogen (secondary N) is 3. The maximum absolute atomic E-state index is 12.0. The van der Waals surface area contributed by atoms with Gasteiger partial charge in [-0.3, -0.25) is 9.79 Å². The highest BCUT2D eigenvalue weighted by Crippen LogP contribution is 2.18. The Bertz CT molecular complexity index is 628. The Morgan fingerprint density at radius 2 is 1.83 bits per heavy atom. The third kappa shape index (κ3) is 9.69. The summed E-state index contributed by atoms with van der Waals surface area (Å²) >= 11 is 0. The van der Waals surface area contributed by atoms with Crippen LogP contribution in [0.15, 0.2) is 29.3 Å².